The number of benzene rings is 2. The van der Waals surface area contributed by atoms with E-state index in [0.717, 1.165) is 15.8 Å². The summed E-state index contributed by atoms with van der Waals surface area (Å²) in [6, 6.07) is 12.9. The largest absolute Gasteiger partial charge is 0.383 e. The molecule has 0 spiro atoms. The van der Waals surface area contributed by atoms with Gasteiger partial charge in [-0.25, -0.2) is 0 Å². The average Bonchev–Trinajstić information content (AvgIpc) is 2.95. The molecule has 0 saturated heterocycles. The lowest BCUT2D eigenvalue weighted by molar-refractivity contribution is -0.113. The van der Waals surface area contributed by atoms with Gasteiger partial charge in [-0.1, -0.05) is 52.7 Å². The summed E-state index contributed by atoms with van der Waals surface area (Å²) in [4.78, 5) is 17.1. The summed E-state index contributed by atoms with van der Waals surface area (Å²) in [6.07, 6.45) is 3.08. The first-order valence-electron chi connectivity index (χ1n) is 7.87. The van der Waals surface area contributed by atoms with Crippen LogP contribution in [0.15, 0.2) is 53.5 Å². The molecule has 0 aliphatic carbocycles. The Morgan fingerprint density at radius 3 is 2.85 bits per heavy atom. The molecule has 0 fully saturated rings. The number of carbonyl (C=O) groups is 1. The van der Waals surface area contributed by atoms with Crippen LogP contribution in [0.25, 0.3) is 16.3 Å². The Morgan fingerprint density at radius 2 is 2.08 bits per heavy atom. The van der Waals surface area contributed by atoms with Crippen LogP contribution in [0.2, 0.25) is 10.0 Å². The molecule has 26 heavy (non-hydrogen) atoms. The normalized spacial score (nSPS) is 12.3. The Labute approximate surface area is 165 Å². The predicted molar refractivity (Wildman–Crippen MR) is 108 cm³/mol. The van der Waals surface area contributed by atoms with Crippen LogP contribution in [0, 0.1) is 0 Å². The topological polar surface area (TPSA) is 43.6 Å². The minimum atomic E-state index is -0.353. The molecule has 4 nitrogen and oxygen atoms in total. The van der Waals surface area contributed by atoms with Crippen LogP contribution in [-0.2, 0) is 16.1 Å². The number of ether oxygens (including phenoxy) is 1. The van der Waals surface area contributed by atoms with Gasteiger partial charge in [0.25, 0.3) is 5.91 Å². The highest BCUT2D eigenvalue weighted by atomic mass is 35.5. The lowest BCUT2D eigenvalue weighted by atomic mass is 10.2. The van der Waals surface area contributed by atoms with Crippen LogP contribution < -0.4 is 4.80 Å². The highest BCUT2D eigenvalue weighted by Crippen LogP contribution is 2.22. The third-order valence-electron chi connectivity index (χ3n) is 3.68. The number of hydrogen-bond donors (Lipinski definition) is 0. The van der Waals surface area contributed by atoms with E-state index >= 15 is 0 Å². The zero-order valence-corrected chi connectivity index (χ0v) is 16.3. The Hall–Kier alpha value is -1.92. The molecule has 0 aliphatic heterocycles. The molecule has 0 bridgehead atoms. The molecule has 7 heteroatoms. The van der Waals surface area contributed by atoms with Gasteiger partial charge in [0.15, 0.2) is 4.80 Å². The van der Waals surface area contributed by atoms with Gasteiger partial charge in [-0.05, 0) is 35.9 Å². The number of rotatable bonds is 5. The van der Waals surface area contributed by atoms with Gasteiger partial charge in [-0.3, -0.25) is 4.79 Å². The molecule has 0 saturated carbocycles. The van der Waals surface area contributed by atoms with Gasteiger partial charge in [0.05, 0.1) is 16.8 Å². The second-order valence-electron chi connectivity index (χ2n) is 5.45. The molecule has 2 aromatic carbocycles. The molecule has 3 aromatic rings. The molecule has 0 aliphatic rings. The number of hydrogen-bond acceptors (Lipinski definition) is 3. The maximum absolute atomic E-state index is 12.3. The summed E-state index contributed by atoms with van der Waals surface area (Å²) in [6.45, 7) is 1.11. The van der Waals surface area contributed by atoms with E-state index in [1.807, 2.05) is 41.0 Å². The Kier molecular flexibility index (Phi) is 6.27. The number of methoxy groups -OCH3 is 1. The van der Waals surface area contributed by atoms with Crippen molar-refractivity contribution >= 4 is 56.7 Å². The zero-order valence-electron chi connectivity index (χ0n) is 14.0. The molecule has 1 heterocycles. The van der Waals surface area contributed by atoms with E-state index in [-0.39, 0.29) is 5.91 Å². The van der Waals surface area contributed by atoms with Gasteiger partial charge >= 0.3 is 0 Å². The minimum Gasteiger partial charge on any atom is -0.383 e. The van der Waals surface area contributed by atoms with Crippen molar-refractivity contribution < 1.29 is 9.53 Å². The Morgan fingerprint density at radius 1 is 1.27 bits per heavy atom. The maximum atomic E-state index is 12.3. The first kappa shape index (κ1) is 18.9. The van der Waals surface area contributed by atoms with Crippen LogP contribution in [0.5, 0.6) is 0 Å². The third-order valence-corrected chi connectivity index (χ3v) is 5.30. The second kappa shape index (κ2) is 8.64. The van der Waals surface area contributed by atoms with Crippen LogP contribution in [0.1, 0.15) is 5.56 Å². The number of thiazole rings is 1. The average molecular weight is 407 g/mol. The van der Waals surface area contributed by atoms with Crippen molar-refractivity contribution in [3.63, 3.8) is 0 Å². The van der Waals surface area contributed by atoms with Crippen LogP contribution in [0.4, 0.5) is 0 Å². The lowest BCUT2D eigenvalue weighted by Crippen LogP contribution is -2.18. The molecule has 1 amide bonds. The first-order valence-corrected chi connectivity index (χ1v) is 9.45. The number of halogens is 2. The van der Waals surface area contributed by atoms with E-state index in [9.17, 15) is 4.79 Å². The first-order chi connectivity index (χ1) is 12.6. The van der Waals surface area contributed by atoms with Crippen LogP contribution >= 0.6 is 34.5 Å². The molecule has 3 rings (SSSR count). The van der Waals surface area contributed by atoms with Crippen molar-refractivity contribution in [3.05, 3.63) is 69.0 Å². The van der Waals surface area contributed by atoms with Gasteiger partial charge in [-0.2, -0.15) is 4.99 Å². The highest BCUT2D eigenvalue weighted by molar-refractivity contribution is 7.16. The van der Waals surface area contributed by atoms with Crippen LogP contribution in [0.3, 0.4) is 0 Å². The number of aromatic nitrogens is 1. The number of carbonyl (C=O) groups excluding carboxylic acids is 1. The zero-order chi connectivity index (χ0) is 18.5. The van der Waals surface area contributed by atoms with Crippen molar-refractivity contribution in [2.45, 2.75) is 6.54 Å². The smallest absolute Gasteiger partial charge is 0.272 e. The van der Waals surface area contributed by atoms with Crippen LogP contribution in [-0.4, -0.2) is 24.2 Å². The van der Waals surface area contributed by atoms with Gasteiger partial charge in [0, 0.05) is 29.8 Å². The van der Waals surface area contributed by atoms with Gasteiger partial charge in [0.1, 0.15) is 0 Å². The lowest BCUT2D eigenvalue weighted by Gasteiger charge is -2.03. The van der Waals surface area contributed by atoms with Crippen molar-refractivity contribution in [1.29, 1.82) is 0 Å². The van der Waals surface area contributed by atoms with E-state index in [0.29, 0.717) is 28.0 Å². The predicted octanol–water partition coefficient (Wildman–Crippen LogP) is 4.80. The third kappa shape index (κ3) is 4.43. The van der Waals surface area contributed by atoms with Crippen molar-refractivity contribution in [2.24, 2.45) is 4.99 Å². The van der Waals surface area contributed by atoms with E-state index in [4.69, 9.17) is 27.9 Å². The Balaban J connectivity index is 1.97. The summed E-state index contributed by atoms with van der Waals surface area (Å²) in [5.41, 5.74) is 1.74. The summed E-state index contributed by atoms with van der Waals surface area (Å²) in [5.74, 6) is -0.353. The van der Waals surface area contributed by atoms with E-state index in [1.54, 1.807) is 19.3 Å². The SMILES string of the molecule is COCCn1c(=NC(=O)C=Cc2ccccc2Cl)sc2cc(Cl)ccc21. The maximum Gasteiger partial charge on any atom is 0.272 e. The van der Waals surface area contributed by atoms with E-state index in [1.165, 1.54) is 17.4 Å². The fourth-order valence-corrected chi connectivity index (χ4v) is 3.97. The fraction of sp³-hybridized carbons (Fsp3) is 0.158. The van der Waals surface area contributed by atoms with E-state index < -0.39 is 0 Å². The number of fused-ring (bicyclic) bond motifs is 1. The highest BCUT2D eigenvalue weighted by Gasteiger charge is 2.08. The number of amides is 1. The van der Waals surface area contributed by atoms with Gasteiger partial charge in [-0.15, -0.1) is 0 Å². The fourth-order valence-electron chi connectivity index (χ4n) is 2.43. The van der Waals surface area contributed by atoms with Gasteiger partial charge < -0.3 is 9.30 Å². The van der Waals surface area contributed by atoms with Gasteiger partial charge in [0.2, 0.25) is 0 Å². The molecular formula is C19H16Cl2N2O2S. The van der Waals surface area contributed by atoms with Crippen molar-refractivity contribution in [2.75, 3.05) is 13.7 Å². The molecule has 0 unspecified atom stereocenters. The molecule has 0 N–H and O–H groups in total. The second-order valence-corrected chi connectivity index (χ2v) is 7.30. The summed E-state index contributed by atoms with van der Waals surface area (Å²) in [5, 5.41) is 1.23. The minimum absolute atomic E-state index is 0.353. The quantitative estimate of drug-likeness (QED) is 0.571. The monoisotopic (exact) mass is 406 g/mol. The molecule has 134 valence electrons. The Bertz CT molecular complexity index is 1040. The van der Waals surface area contributed by atoms with Crippen molar-refractivity contribution in [3.8, 4) is 0 Å². The summed E-state index contributed by atoms with van der Waals surface area (Å²) >= 11 is 13.6. The standard InChI is InChI=1S/C19H16Cl2N2O2S/c1-25-11-10-23-16-8-7-14(20)12-17(16)26-19(23)22-18(24)9-6-13-4-2-3-5-15(13)21/h2-9,12H,10-11H2,1H3. The summed E-state index contributed by atoms with van der Waals surface area (Å²) < 4.78 is 8.10. The summed E-state index contributed by atoms with van der Waals surface area (Å²) in [7, 11) is 1.64. The molecular weight excluding hydrogens is 391 g/mol. The van der Waals surface area contributed by atoms with Crippen molar-refractivity contribution in [1.82, 2.24) is 4.57 Å². The van der Waals surface area contributed by atoms with E-state index in [2.05, 4.69) is 4.99 Å². The number of nitrogens with zero attached hydrogens (tertiary/aromatic N) is 2. The molecule has 0 atom stereocenters. The molecule has 0 radical (unpaired) electrons. The molecule has 1 aromatic heterocycles.